The van der Waals surface area contributed by atoms with Gasteiger partial charge in [0.05, 0.1) is 6.54 Å². The number of hydrogen-bond acceptors (Lipinski definition) is 5. The number of benzene rings is 1. The maximum absolute atomic E-state index is 12.2. The molecule has 0 bridgehead atoms. The van der Waals surface area contributed by atoms with E-state index in [0.29, 0.717) is 31.4 Å². The molecule has 2 aromatic rings. The molecule has 2 heterocycles. The Bertz CT molecular complexity index is 620. The number of carbonyl (C=O) groups excluding carboxylic acids is 1. The lowest BCUT2D eigenvalue weighted by Crippen LogP contribution is -2.49. The molecule has 1 aromatic carbocycles. The Morgan fingerprint density at radius 2 is 1.91 bits per heavy atom. The van der Waals surface area contributed by atoms with Crippen LogP contribution in [0.15, 0.2) is 34.7 Å². The van der Waals surface area contributed by atoms with E-state index in [2.05, 4.69) is 20.4 Å². The van der Waals surface area contributed by atoms with Crippen LogP contribution < -0.4 is 5.32 Å². The fraction of sp³-hybridized carbons (Fsp3) is 0.400. The third-order valence-corrected chi connectivity index (χ3v) is 3.61. The van der Waals surface area contributed by atoms with Crippen molar-refractivity contribution in [2.45, 2.75) is 13.5 Å². The van der Waals surface area contributed by atoms with Gasteiger partial charge in [-0.3, -0.25) is 4.90 Å². The summed E-state index contributed by atoms with van der Waals surface area (Å²) in [7, 11) is 0. The van der Waals surface area contributed by atoms with Gasteiger partial charge in [0.15, 0.2) is 0 Å². The van der Waals surface area contributed by atoms with Crippen molar-refractivity contribution < 1.29 is 9.21 Å². The topological polar surface area (TPSA) is 74.5 Å². The molecule has 2 amide bonds. The number of aryl methyl sites for hydroxylation is 1. The van der Waals surface area contributed by atoms with Gasteiger partial charge in [0.2, 0.25) is 11.8 Å². The molecule has 0 saturated carbocycles. The first-order valence-corrected chi connectivity index (χ1v) is 7.33. The quantitative estimate of drug-likeness (QED) is 0.934. The minimum atomic E-state index is -0.0560. The summed E-state index contributed by atoms with van der Waals surface area (Å²) in [5.41, 5.74) is 0.816. The SMILES string of the molecule is Cc1nnc(CN2CCN(C(=O)Nc3ccccc3)CC2)o1. The van der Waals surface area contributed by atoms with Crippen molar-refractivity contribution in [2.75, 3.05) is 31.5 Å². The predicted molar refractivity (Wildman–Crippen MR) is 81.3 cm³/mol. The van der Waals surface area contributed by atoms with Crippen LogP contribution in [0.5, 0.6) is 0 Å². The zero-order chi connectivity index (χ0) is 15.4. The molecule has 1 saturated heterocycles. The molecule has 0 unspecified atom stereocenters. The molecule has 0 atom stereocenters. The van der Waals surface area contributed by atoms with E-state index in [1.807, 2.05) is 35.2 Å². The summed E-state index contributed by atoms with van der Waals surface area (Å²) in [5.74, 6) is 1.20. The number of rotatable bonds is 3. The van der Waals surface area contributed by atoms with Crippen LogP contribution in [-0.2, 0) is 6.54 Å². The number of piperazine rings is 1. The van der Waals surface area contributed by atoms with Gasteiger partial charge in [-0.15, -0.1) is 10.2 Å². The standard InChI is InChI=1S/C15H19N5O2/c1-12-17-18-14(22-12)11-19-7-9-20(10-8-19)15(21)16-13-5-3-2-4-6-13/h2-6H,7-11H2,1H3,(H,16,21). The molecule has 1 aliphatic heterocycles. The highest BCUT2D eigenvalue weighted by molar-refractivity contribution is 5.89. The second-order valence-electron chi connectivity index (χ2n) is 5.27. The smallest absolute Gasteiger partial charge is 0.321 e. The first-order chi connectivity index (χ1) is 10.7. The largest absolute Gasteiger partial charge is 0.424 e. The number of para-hydroxylation sites is 1. The van der Waals surface area contributed by atoms with E-state index >= 15 is 0 Å². The molecule has 3 rings (SSSR count). The second kappa shape index (κ2) is 6.57. The van der Waals surface area contributed by atoms with Gasteiger partial charge in [-0.05, 0) is 12.1 Å². The van der Waals surface area contributed by atoms with E-state index in [1.165, 1.54) is 0 Å². The summed E-state index contributed by atoms with van der Waals surface area (Å²) in [5, 5.41) is 10.7. The predicted octanol–water partition coefficient (Wildman–Crippen LogP) is 1.73. The van der Waals surface area contributed by atoms with E-state index in [1.54, 1.807) is 6.92 Å². The van der Waals surface area contributed by atoms with Crippen molar-refractivity contribution in [3.63, 3.8) is 0 Å². The lowest BCUT2D eigenvalue weighted by atomic mass is 10.3. The molecule has 1 aromatic heterocycles. The van der Waals surface area contributed by atoms with Crippen LogP contribution in [0, 0.1) is 6.92 Å². The molecule has 1 N–H and O–H groups in total. The first-order valence-electron chi connectivity index (χ1n) is 7.33. The minimum Gasteiger partial charge on any atom is -0.424 e. The molecular weight excluding hydrogens is 282 g/mol. The molecule has 0 aliphatic carbocycles. The third-order valence-electron chi connectivity index (χ3n) is 3.61. The van der Waals surface area contributed by atoms with Gasteiger partial charge in [-0.2, -0.15) is 0 Å². The second-order valence-corrected chi connectivity index (χ2v) is 5.27. The summed E-state index contributed by atoms with van der Waals surface area (Å²) in [4.78, 5) is 16.2. The fourth-order valence-electron chi connectivity index (χ4n) is 2.43. The van der Waals surface area contributed by atoms with Crippen LogP contribution in [0.2, 0.25) is 0 Å². The number of aromatic nitrogens is 2. The summed E-state index contributed by atoms with van der Waals surface area (Å²) in [6.07, 6.45) is 0. The van der Waals surface area contributed by atoms with Gasteiger partial charge >= 0.3 is 6.03 Å². The Balaban J connectivity index is 1.48. The number of carbonyl (C=O) groups is 1. The number of hydrogen-bond donors (Lipinski definition) is 1. The van der Waals surface area contributed by atoms with Gasteiger partial charge < -0.3 is 14.6 Å². The summed E-state index contributed by atoms with van der Waals surface area (Å²) in [6, 6.07) is 9.44. The lowest BCUT2D eigenvalue weighted by molar-refractivity contribution is 0.135. The molecule has 0 spiro atoms. The molecule has 1 fully saturated rings. The maximum Gasteiger partial charge on any atom is 0.321 e. The normalized spacial score (nSPS) is 15.8. The Morgan fingerprint density at radius 3 is 2.55 bits per heavy atom. The number of anilines is 1. The van der Waals surface area contributed by atoms with E-state index in [0.717, 1.165) is 18.8 Å². The highest BCUT2D eigenvalue weighted by atomic mass is 16.4. The summed E-state index contributed by atoms with van der Waals surface area (Å²) >= 11 is 0. The number of amides is 2. The van der Waals surface area contributed by atoms with Crippen LogP contribution >= 0.6 is 0 Å². The average molecular weight is 301 g/mol. The van der Waals surface area contributed by atoms with Gasteiger partial charge in [0.1, 0.15) is 0 Å². The molecule has 22 heavy (non-hydrogen) atoms. The van der Waals surface area contributed by atoms with Crippen molar-refractivity contribution in [2.24, 2.45) is 0 Å². The molecule has 7 heteroatoms. The zero-order valence-corrected chi connectivity index (χ0v) is 12.5. The van der Waals surface area contributed by atoms with Crippen molar-refractivity contribution in [1.29, 1.82) is 0 Å². The summed E-state index contributed by atoms with van der Waals surface area (Å²) in [6.45, 7) is 5.38. The molecule has 0 radical (unpaired) electrons. The van der Waals surface area contributed by atoms with Gasteiger partial charge in [-0.25, -0.2) is 4.79 Å². The molecule has 1 aliphatic rings. The fourth-order valence-corrected chi connectivity index (χ4v) is 2.43. The van der Waals surface area contributed by atoms with Crippen molar-refractivity contribution in [3.05, 3.63) is 42.1 Å². The number of urea groups is 1. The van der Waals surface area contributed by atoms with Crippen LogP contribution in [0.25, 0.3) is 0 Å². The van der Waals surface area contributed by atoms with Crippen molar-refractivity contribution >= 4 is 11.7 Å². The van der Waals surface area contributed by atoms with E-state index in [4.69, 9.17) is 4.42 Å². The summed E-state index contributed by atoms with van der Waals surface area (Å²) < 4.78 is 5.38. The van der Waals surface area contributed by atoms with E-state index < -0.39 is 0 Å². The van der Waals surface area contributed by atoms with Crippen LogP contribution in [0.1, 0.15) is 11.8 Å². The minimum absolute atomic E-state index is 0.0560. The van der Waals surface area contributed by atoms with Crippen LogP contribution in [-0.4, -0.2) is 52.2 Å². The van der Waals surface area contributed by atoms with Crippen LogP contribution in [0.3, 0.4) is 0 Å². The van der Waals surface area contributed by atoms with Crippen LogP contribution in [0.4, 0.5) is 10.5 Å². The third kappa shape index (κ3) is 3.62. The first kappa shape index (κ1) is 14.5. The Labute approximate surface area is 128 Å². The average Bonchev–Trinajstić information content (AvgIpc) is 2.94. The molecule has 116 valence electrons. The highest BCUT2D eigenvalue weighted by Gasteiger charge is 2.22. The monoisotopic (exact) mass is 301 g/mol. The molecular formula is C15H19N5O2. The Morgan fingerprint density at radius 1 is 1.18 bits per heavy atom. The maximum atomic E-state index is 12.2. The number of nitrogens with zero attached hydrogens (tertiary/aromatic N) is 4. The van der Waals surface area contributed by atoms with Gasteiger partial charge in [0, 0.05) is 38.8 Å². The number of nitrogens with one attached hydrogen (secondary N) is 1. The van der Waals surface area contributed by atoms with Gasteiger partial charge in [0.25, 0.3) is 0 Å². The zero-order valence-electron chi connectivity index (χ0n) is 12.5. The molecule has 7 nitrogen and oxygen atoms in total. The Kier molecular flexibility index (Phi) is 4.34. The van der Waals surface area contributed by atoms with Gasteiger partial charge in [-0.1, -0.05) is 18.2 Å². The lowest BCUT2D eigenvalue weighted by Gasteiger charge is -2.33. The Hall–Kier alpha value is -2.41. The van der Waals surface area contributed by atoms with Crippen molar-refractivity contribution in [3.8, 4) is 0 Å². The highest BCUT2D eigenvalue weighted by Crippen LogP contribution is 2.10. The van der Waals surface area contributed by atoms with Crippen molar-refractivity contribution in [1.82, 2.24) is 20.0 Å². The van der Waals surface area contributed by atoms with E-state index in [-0.39, 0.29) is 6.03 Å². The van der Waals surface area contributed by atoms with E-state index in [9.17, 15) is 4.79 Å².